The predicted molar refractivity (Wildman–Crippen MR) is 53.5 cm³/mol. The van der Waals surface area contributed by atoms with E-state index < -0.39 is 0 Å². The van der Waals surface area contributed by atoms with Crippen LogP contribution in [0.2, 0.25) is 0 Å². The molecule has 1 amide bonds. The molecule has 0 aliphatic heterocycles. The summed E-state index contributed by atoms with van der Waals surface area (Å²) in [6.07, 6.45) is 3.09. The lowest BCUT2D eigenvalue weighted by Crippen LogP contribution is -2.35. The molecule has 13 heavy (non-hydrogen) atoms. The van der Waals surface area contributed by atoms with Crippen molar-refractivity contribution in [2.24, 2.45) is 0 Å². The minimum atomic E-state index is 0.145. The summed E-state index contributed by atoms with van der Waals surface area (Å²) in [4.78, 5) is 11.2. The van der Waals surface area contributed by atoms with E-state index in [2.05, 4.69) is 17.6 Å². The van der Waals surface area contributed by atoms with Crippen LogP contribution in [0.15, 0.2) is 0 Å². The van der Waals surface area contributed by atoms with Crippen LogP contribution in [-0.2, 0) is 4.79 Å². The maximum absolute atomic E-state index is 11.2. The molecule has 1 saturated carbocycles. The van der Waals surface area contributed by atoms with Crippen LogP contribution in [0, 0.1) is 0 Å². The van der Waals surface area contributed by atoms with E-state index in [1.54, 1.807) is 0 Å². The Morgan fingerprint density at radius 1 is 1.46 bits per heavy atom. The Labute approximate surface area is 80.3 Å². The zero-order valence-corrected chi connectivity index (χ0v) is 8.81. The van der Waals surface area contributed by atoms with E-state index in [1.165, 1.54) is 12.8 Å². The Bertz CT molecular complexity index is 185. The van der Waals surface area contributed by atoms with Crippen LogP contribution in [0.3, 0.4) is 0 Å². The van der Waals surface area contributed by atoms with Crippen LogP contribution in [0.1, 0.15) is 40.0 Å². The van der Waals surface area contributed by atoms with E-state index in [9.17, 15) is 4.79 Å². The van der Waals surface area contributed by atoms with Crippen molar-refractivity contribution in [3.05, 3.63) is 0 Å². The lowest BCUT2D eigenvalue weighted by molar-refractivity contribution is -0.121. The molecule has 0 spiro atoms. The molecule has 1 fully saturated rings. The number of rotatable bonds is 5. The maximum Gasteiger partial charge on any atom is 0.221 e. The zero-order chi connectivity index (χ0) is 9.90. The van der Waals surface area contributed by atoms with Gasteiger partial charge in [-0.2, -0.15) is 0 Å². The Morgan fingerprint density at radius 2 is 2.08 bits per heavy atom. The smallest absolute Gasteiger partial charge is 0.221 e. The molecule has 0 aromatic carbocycles. The summed E-state index contributed by atoms with van der Waals surface area (Å²) in [6, 6.07) is 0.254. The molecule has 0 aromatic heterocycles. The molecule has 3 heteroatoms. The van der Waals surface area contributed by atoms with Gasteiger partial charge in [-0.1, -0.05) is 0 Å². The molecule has 0 heterocycles. The molecule has 0 aromatic rings. The van der Waals surface area contributed by atoms with Crippen LogP contribution in [0.5, 0.6) is 0 Å². The largest absolute Gasteiger partial charge is 0.354 e. The number of hydrogen-bond acceptors (Lipinski definition) is 2. The second kappa shape index (κ2) is 4.09. The Morgan fingerprint density at radius 3 is 2.54 bits per heavy atom. The fourth-order valence-electron chi connectivity index (χ4n) is 1.24. The van der Waals surface area contributed by atoms with Gasteiger partial charge in [-0.25, -0.2) is 0 Å². The van der Waals surface area contributed by atoms with Gasteiger partial charge in [0.15, 0.2) is 0 Å². The minimum absolute atomic E-state index is 0.145. The molecule has 0 saturated heterocycles. The van der Waals surface area contributed by atoms with Crippen LogP contribution in [-0.4, -0.2) is 24.0 Å². The summed E-state index contributed by atoms with van der Waals surface area (Å²) < 4.78 is 0. The summed E-state index contributed by atoms with van der Waals surface area (Å²) >= 11 is 0. The van der Waals surface area contributed by atoms with Crippen molar-refractivity contribution < 1.29 is 4.79 Å². The van der Waals surface area contributed by atoms with Gasteiger partial charge >= 0.3 is 0 Å². The predicted octanol–water partition coefficient (Wildman–Crippen LogP) is 1.04. The first kappa shape index (κ1) is 10.5. The van der Waals surface area contributed by atoms with Crippen molar-refractivity contribution in [3.8, 4) is 0 Å². The average molecular weight is 184 g/mol. The molecule has 1 aliphatic carbocycles. The summed E-state index contributed by atoms with van der Waals surface area (Å²) in [5.74, 6) is 0.145. The fourth-order valence-corrected chi connectivity index (χ4v) is 1.24. The highest BCUT2D eigenvalue weighted by Gasteiger charge is 2.36. The molecular weight excluding hydrogens is 164 g/mol. The summed E-state index contributed by atoms with van der Waals surface area (Å²) in [7, 11) is 0. The quantitative estimate of drug-likeness (QED) is 0.670. The van der Waals surface area contributed by atoms with Gasteiger partial charge in [-0.15, -0.1) is 0 Å². The van der Waals surface area contributed by atoms with E-state index >= 15 is 0 Å². The maximum atomic E-state index is 11.2. The normalized spacial score (nSPS) is 18.8. The topological polar surface area (TPSA) is 41.1 Å². The van der Waals surface area contributed by atoms with Gasteiger partial charge < -0.3 is 10.6 Å². The van der Waals surface area contributed by atoms with Crippen LogP contribution >= 0.6 is 0 Å². The van der Waals surface area contributed by atoms with Crippen molar-refractivity contribution in [1.29, 1.82) is 0 Å². The average Bonchev–Trinajstić information content (AvgIpc) is 2.66. The van der Waals surface area contributed by atoms with E-state index in [0.29, 0.717) is 12.0 Å². The highest BCUT2D eigenvalue weighted by molar-refractivity contribution is 5.76. The van der Waals surface area contributed by atoms with Gasteiger partial charge in [-0.3, -0.25) is 4.79 Å². The first-order valence-corrected chi connectivity index (χ1v) is 5.06. The Hall–Kier alpha value is -0.570. The molecule has 1 aliphatic rings. The molecule has 0 bridgehead atoms. The van der Waals surface area contributed by atoms with E-state index in [0.717, 1.165) is 6.54 Å². The third kappa shape index (κ3) is 4.27. The van der Waals surface area contributed by atoms with Crippen molar-refractivity contribution in [2.75, 3.05) is 6.54 Å². The number of carbonyl (C=O) groups is 1. The second-order valence-electron chi connectivity index (χ2n) is 4.46. The lowest BCUT2D eigenvalue weighted by atomic mass is 10.3. The SMILES string of the molecule is CC(C)NC(=O)CCNC1(C)CC1. The number of nitrogens with one attached hydrogen (secondary N) is 2. The monoisotopic (exact) mass is 184 g/mol. The van der Waals surface area contributed by atoms with Crippen LogP contribution in [0.4, 0.5) is 0 Å². The molecule has 1 rings (SSSR count). The van der Waals surface area contributed by atoms with Gasteiger partial charge in [0.25, 0.3) is 0 Å². The van der Waals surface area contributed by atoms with Gasteiger partial charge in [-0.05, 0) is 33.6 Å². The highest BCUT2D eigenvalue weighted by Crippen LogP contribution is 2.33. The number of amides is 1. The lowest BCUT2D eigenvalue weighted by Gasteiger charge is -2.12. The molecule has 3 nitrogen and oxygen atoms in total. The van der Waals surface area contributed by atoms with E-state index in [4.69, 9.17) is 0 Å². The van der Waals surface area contributed by atoms with Gasteiger partial charge in [0.1, 0.15) is 0 Å². The van der Waals surface area contributed by atoms with Gasteiger partial charge in [0.05, 0.1) is 0 Å². The van der Waals surface area contributed by atoms with Gasteiger partial charge in [0, 0.05) is 24.5 Å². The van der Waals surface area contributed by atoms with Crippen molar-refractivity contribution in [1.82, 2.24) is 10.6 Å². The number of hydrogen-bond donors (Lipinski definition) is 2. The molecule has 0 unspecified atom stereocenters. The van der Waals surface area contributed by atoms with Crippen LogP contribution in [0.25, 0.3) is 0 Å². The van der Waals surface area contributed by atoms with Gasteiger partial charge in [0.2, 0.25) is 5.91 Å². The Kier molecular flexibility index (Phi) is 3.31. The molecular formula is C10H20N2O. The van der Waals surface area contributed by atoms with Crippen molar-refractivity contribution >= 4 is 5.91 Å². The fraction of sp³-hybridized carbons (Fsp3) is 0.900. The standard InChI is InChI=1S/C10H20N2O/c1-8(2)12-9(13)4-7-11-10(3)5-6-10/h8,11H,4-7H2,1-3H3,(H,12,13). The third-order valence-corrected chi connectivity index (χ3v) is 2.35. The van der Waals surface area contributed by atoms with E-state index in [-0.39, 0.29) is 11.9 Å². The highest BCUT2D eigenvalue weighted by atomic mass is 16.1. The first-order valence-electron chi connectivity index (χ1n) is 5.06. The summed E-state index contributed by atoms with van der Waals surface area (Å²) in [6.45, 7) is 6.96. The first-order chi connectivity index (χ1) is 6.02. The molecule has 2 N–H and O–H groups in total. The second-order valence-corrected chi connectivity index (χ2v) is 4.46. The van der Waals surface area contributed by atoms with Crippen molar-refractivity contribution in [2.45, 2.75) is 51.6 Å². The summed E-state index contributed by atoms with van der Waals surface area (Å²) in [5, 5.41) is 6.25. The Balaban J connectivity index is 2.02. The zero-order valence-electron chi connectivity index (χ0n) is 8.81. The summed E-state index contributed by atoms with van der Waals surface area (Å²) in [5.41, 5.74) is 0.345. The molecule has 76 valence electrons. The van der Waals surface area contributed by atoms with E-state index in [1.807, 2.05) is 13.8 Å². The van der Waals surface area contributed by atoms with Crippen molar-refractivity contribution in [3.63, 3.8) is 0 Å². The minimum Gasteiger partial charge on any atom is -0.354 e. The van der Waals surface area contributed by atoms with Crippen LogP contribution < -0.4 is 10.6 Å². The molecule has 0 atom stereocenters. The number of carbonyl (C=O) groups excluding carboxylic acids is 1. The third-order valence-electron chi connectivity index (χ3n) is 2.35. The molecule has 0 radical (unpaired) electrons.